The average Bonchev–Trinajstić information content (AvgIpc) is 2.56. The van der Waals surface area contributed by atoms with Crippen LogP contribution in [0.4, 0.5) is 5.82 Å². The SMILES string of the molecule is CCC(=O)C1C=C(C)C(N=C(N)/C(=C\N)c2cc(N)ncn2)=CN1. The van der Waals surface area contributed by atoms with E-state index in [1.807, 2.05) is 19.9 Å². The number of nitrogen functional groups attached to an aromatic ring is 1. The molecule has 0 amide bonds. The van der Waals surface area contributed by atoms with E-state index in [0.29, 0.717) is 29.2 Å². The van der Waals surface area contributed by atoms with Crippen LogP contribution >= 0.6 is 0 Å². The van der Waals surface area contributed by atoms with Crippen molar-refractivity contribution >= 4 is 23.0 Å². The summed E-state index contributed by atoms with van der Waals surface area (Å²) >= 11 is 0. The van der Waals surface area contributed by atoms with Crippen molar-refractivity contribution in [3.63, 3.8) is 0 Å². The molecule has 8 nitrogen and oxygen atoms in total. The lowest BCUT2D eigenvalue weighted by Crippen LogP contribution is -2.33. The van der Waals surface area contributed by atoms with E-state index in [0.717, 1.165) is 5.57 Å². The Kier molecular flexibility index (Phi) is 5.31. The molecular weight excluding hydrogens is 306 g/mol. The first-order chi connectivity index (χ1) is 11.5. The first-order valence-electron chi connectivity index (χ1n) is 7.48. The minimum atomic E-state index is -0.332. The molecule has 0 radical (unpaired) electrons. The molecular formula is C16H21N7O. The van der Waals surface area contributed by atoms with Crippen molar-refractivity contribution in [1.29, 1.82) is 0 Å². The molecule has 0 saturated heterocycles. The first kappa shape index (κ1) is 17.2. The van der Waals surface area contributed by atoms with Gasteiger partial charge in [-0.1, -0.05) is 6.92 Å². The van der Waals surface area contributed by atoms with Gasteiger partial charge in [-0.15, -0.1) is 0 Å². The zero-order valence-electron chi connectivity index (χ0n) is 13.7. The van der Waals surface area contributed by atoms with Crippen molar-refractivity contribution in [3.8, 4) is 0 Å². The molecule has 7 N–H and O–H groups in total. The summed E-state index contributed by atoms with van der Waals surface area (Å²) in [6, 6.07) is 1.23. The molecule has 1 unspecified atom stereocenters. The molecule has 1 aliphatic rings. The van der Waals surface area contributed by atoms with Gasteiger partial charge in [0.2, 0.25) is 0 Å². The van der Waals surface area contributed by atoms with Crippen LogP contribution in [0.2, 0.25) is 0 Å². The summed E-state index contributed by atoms with van der Waals surface area (Å²) in [7, 11) is 0. The summed E-state index contributed by atoms with van der Waals surface area (Å²) in [6.07, 6.45) is 6.61. The number of carbonyl (C=O) groups excluding carboxylic acids is 1. The highest BCUT2D eigenvalue weighted by Gasteiger charge is 2.18. The van der Waals surface area contributed by atoms with Crippen LogP contribution in [0, 0.1) is 0 Å². The quantitative estimate of drug-likeness (QED) is 0.454. The van der Waals surface area contributed by atoms with Crippen molar-refractivity contribution < 1.29 is 4.79 Å². The van der Waals surface area contributed by atoms with E-state index < -0.39 is 0 Å². The fraction of sp³-hybridized carbons (Fsp3) is 0.250. The minimum Gasteiger partial charge on any atom is -0.404 e. The number of aliphatic imine (C=N–C) groups is 1. The van der Waals surface area contributed by atoms with E-state index >= 15 is 0 Å². The number of carbonyl (C=O) groups is 1. The van der Waals surface area contributed by atoms with Crippen molar-refractivity contribution in [2.45, 2.75) is 26.3 Å². The number of allylic oxidation sites excluding steroid dienone is 1. The molecule has 24 heavy (non-hydrogen) atoms. The van der Waals surface area contributed by atoms with Crippen molar-refractivity contribution in [2.24, 2.45) is 16.5 Å². The van der Waals surface area contributed by atoms with Gasteiger partial charge in [0.25, 0.3) is 0 Å². The summed E-state index contributed by atoms with van der Waals surface area (Å²) in [6.45, 7) is 3.70. The number of dihydropyridines is 1. The third-order valence-electron chi connectivity index (χ3n) is 3.56. The van der Waals surface area contributed by atoms with Gasteiger partial charge >= 0.3 is 0 Å². The molecule has 1 aromatic heterocycles. The molecule has 0 aliphatic carbocycles. The first-order valence-corrected chi connectivity index (χ1v) is 7.48. The fourth-order valence-corrected chi connectivity index (χ4v) is 2.20. The number of rotatable bonds is 5. The van der Waals surface area contributed by atoms with Crippen molar-refractivity contribution in [1.82, 2.24) is 15.3 Å². The predicted octanol–water partition coefficient (Wildman–Crippen LogP) is 0.454. The second-order valence-corrected chi connectivity index (χ2v) is 5.25. The Balaban J connectivity index is 2.26. The van der Waals surface area contributed by atoms with Gasteiger partial charge in [-0.25, -0.2) is 15.0 Å². The Morgan fingerprint density at radius 2 is 2.21 bits per heavy atom. The lowest BCUT2D eigenvalue weighted by molar-refractivity contribution is -0.119. The second-order valence-electron chi connectivity index (χ2n) is 5.25. The molecule has 0 bridgehead atoms. The number of nitrogens with one attached hydrogen (secondary N) is 1. The minimum absolute atomic E-state index is 0.112. The van der Waals surface area contributed by atoms with Crippen molar-refractivity contribution in [2.75, 3.05) is 5.73 Å². The number of amidine groups is 1. The topological polar surface area (TPSA) is 145 Å². The molecule has 0 spiro atoms. The maximum Gasteiger partial charge on any atom is 0.158 e. The van der Waals surface area contributed by atoms with E-state index in [2.05, 4.69) is 20.3 Å². The van der Waals surface area contributed by atoms with Crippen molar-refractivity contribution in [3.05, 3.63) is 47.8 Å². The lowest BCUT2D eigenvalue weighted by Gasteiger charge is -2.19. The Bertz CT molecular complexity index is 761. The third-order valence-corrected chi connectivity index (χ3v) is 3.56. The van der Waals surface area contributed by atoms with Gasteiger partial charge < -0.3 is 22.5 Å². The van der Waals surface area contributed by atoms with Crippen LogP contribution in [0.5, 0.6) is 0 Å². The maximum absolute atomic E-state index is 11.8. The van der Waals surface area contributed by atoms with E-state index in [1.165, 1.54) is 12.5 Å². The Labute approximate surface area is 140 Å². The van der Waals surface area contributed by atoms with Gasteiger partial charge in [0, 0.05) is 24.9 Å². The van der Waals surface area contributed by atoms with Gasteiger partial charge in [-0.05, 0) is 18.6 Å². The largest absolute Gasteiger partial charge is 0.404 e. The summed E-state index contributed by atoms with van der Waals surface area (Å²) in [5.41, 5.74) is 19.8. The highest BCUT2D eigenvalue weighted by molar-refractivity contribution is 6.21. The van der Waals surface area contributed by atoms with E-state index in [4.69, 9.17) is 17.2 Å². The second kappa shape index (κ2) is 7.40. The number of hydrogen-bond acceptors (Lipinski definition) is 7. The summed E-state index contributed by atoms with van der Waals surface area (Å²) in [5, 5.41) is 3.01. The standard InChI is InChI=1S/C16H21N7O/c1-3-14(24)12-4-9(2)13(7-20-12)23-16(19)10(6-17)11-5-15(18)22-8-21-11/h4-8,12,20H,3,17H2,1-2H3,(H2,19,23)(H2,18,21,22)/b10-6-. The summed E-state index contributed by atoms with van der Waals surface area (Å²) in [4.78, 5) is 24.1. The van der Waals surface area contributed by atoms with E-state index in [1.54, 1.807) is 12.3 Å². The zero-order chi connectivity index (χ0) is 17.7. The molecule has 1 aliphatic heterocycles. The average molecular weight is 327 g/mol. The number of aromatic nitrogens is 2. The van der Waals surface area contributed by atoms with Crippen LogP contribution < -0.4 is 22.5 Å². The maximum atomic E-state index is 11.8. The number of ketones is 1. The molecule has 8 heteroatoms. The van der Waals surface area contributed by atoms with Gasteiger partial charge in [0.15, 0.2) is 5.78 Å². The molecule has 0 fully saturated rings. The Hall–Kier alpha value is -3.16. The highest BCUT2D eigenvalue weighted by Crippen LogP contribution is 2.19. The van der Waals surface area contributed by atoms with Crippen LogP contribution in [-0.2, 0) is 4.79 Å². The van der Waals surface area contributed by atoms with Gasteiger partial charge in [0.05, 0.1) is 17.0 Å². The van der Waals surface area contributed by atoms with Gasteiger partial charge in [-0.2, -0.15) is 0 Å². The summed E-state index contributed by atoms with van der Waals surface area (Å²) in [5.74, 6) is 0.611. The summed E-state index contributed by atoms with van der Waals surface area (Å²) < 4.78 is 0. The van der Waals surface area contributed by atoms with Gasteiger partial charge in [-0.3, -0.25) is 4.79 Å². The highest BCUT2D eigenvalue weighted by atomic mass is 16.1. The number of nitrogens with zero attached hydrogens (tertiary/aromatic N) is 3. The number of Topliss-reactive ketones (excluding diaryl/α,β-unsaturated/α-hetero) is 1. The van der Waals surface area contributed by atoms with E-state index in [-0.39, 0.29) is 17.7 Å². The number of nitrogens with two attached hydrogens (primary N) is 3. The normalized spacial score (nSPS) is 18.5. The van der Waals surface area contributed by atoms with Crippen LogP contribution in [0.25, 0.3) is 5.57 Å². The molecule has 2 heterocycles. The van der Waals surface area contributed by atoms with Crippen LogP contribution in [0.3, 0.4) is 0 Å². The Morgan fingerprint density at radius 3 is 2.79 bits per heavy atom. The molecule has 126 valence electrons. The monoisotopic (exact) mass is 327 g/mol. The van der Waals surface area contributed by atoms with Gasteiger partial charge in [0.1, 0.15) is 24.0 Å². The predicted molar refractivity (Wildman–Crippen MR) is 94.3 cm³/mol. The number of hydrogen-bond donors (Lipinski definition) is 4. The molecule has 0 saturated carbocycles. The zero-order valence-corrected chi connectivity index (χ0v) is 13.7. The lowest BCUT2D eigenvalue weighted by atomic mass is 10.0. The molecule has 2 rings (SSSR count). The molecule has 0 aromatic carbocycles. The third kappa shape index (κ3) is 3.78. The molecule has 1 atom stereocenters. The smallest absolute Gasteiger partial charge is 0.158 e. The van der Waals surface area contributed by atoms with E-state index in [9.17, 15) is 4.79 Å². The Morgan fingerprint density at radius 1 is 1.46 bits per heavy atom. The molecule has 1 aromatic rings. The van der Waals surface area contributed by atoms with Crippen LogP contribution in [-0.4, -0.2) is 27.6 Å². The fourth-order valence-electron chi connectivity index (χ4n) is 2.20. The number of anilines is 1. The van der Waals surface area contributed by atoms with Crippen LogP contribution in [0.1, 0.15) is 26.0 Å². The van der Waals surface area contributed by atoms with Crippen LogP contribution in [0.15, 0.2) is 47.1 Å².